The molecule has 0 aliphatic rings. The van der Waals surface area contributed by atoms with Gasteiger partial charge in [-0.15, -0.1) is 0 Å². The van der Waals surface area contributed by atoms with E-state index in [4.69, 9.17) is 9.59 Å². The van der Waals surface area contributed by atoms with Crippen LogP contribution in [0.15, 0.2) is 0 Å². The van der Waals surface area contributed by atoms with Crippen molar-refractivity contribution in [3.05, 3.63) is 0 Å². The van der Waals surface area contributed by atoms with Crippen LogP contribution in [0.4, 0.5) is 9.59 Å². The van der Waals surface area contributed by atoms with E-state index in [1.807, 2.05) is 0 Å². The third-order valence-corrected chi connectivity index (χ3v) is 0. The van der Waals surface area contributed by atoms with E-state index in [2.05, 4.69) is 28.8 Å². The van der Waals surface area contributed by atoms with Crippen LogP contribution >= 0.6 is 11.6 Å². The highest BCUT2D eigenvalue weighted by atomic mass is 35.5. The van der Waals surface area contributed by atoms with Gasteiger partial charge < -0.3 is 17.2 Å². The number of hydrogen-bond donors (Lipinski definition) is 3. The van der Waals surface area contributed by atoms with Crippen LogP contribution in [0.25, 0.3) is 0 Å². The SMILES string of the molecule is NC(=O)Cl.NC(N)=O. The summed E-state index contributed by atoms with van der Waals surface area (Å²) in [5.74, 6) is 0. The van der Waals surface area contributed by atoms with Crippen molar-refractivity contribution in [3.8, 4) is 0 Å². The summed E-state index contributed by atoms with van der Waals surface area (Å²) >= 11 is 4.41. The van der Waals surface area contributed by atoms with Crippen LogP contribution in [0.2, 0.25) is 0 Å². The molecule has 0 rings (SSSR count). The third kappa shape index (κ3) is 86.8. The summed E-state index contributed by atoms with van der Waals surface area (Å²) < 4.78 is 0. The topological polar surface area (TPSA) is 112 Å². The molecule has 48 valence electrons. The number of amides is 3. The maximum Gasteiger partial charge on any atom is 0.311 e. The zero-order valence-corrected chi connectivity index (χ0v) is 4.68. The first-order valence-electron chi connectivity index (χ1n) is 1.46. The molecule has 0 aliphatic carbocycles. The van der Waals surface area contributed by atoms with E-state index in [0.717, 1.165) is 0 Å². The van der Waals surface area contributed by atoms with E-state index >= 15 is 0 Å². The van der Waals surface area contributed by atoms with E-state index in [0.29, 0.717) is 0 Å². The number of primary amides is 3. The van der Waals surface area contributed by atoms with Crippen LogP contribution in [0.3, 0.4) is 0 Å². The first-order chi connectivity index (χ1) is 3.46. The van der Waals surface area contributed by atoms with Gasteiger partial charge in [-0.2, -0.15) is 0 Å². The van der Waals surface area contributed by atoms with Gasteiger partial charge in [-0.1, -0.05) is 0 Å². The molecule has 0 atom stereocenters. The number of halogens is 1. The number of carbonyl (C=O) groups excluding carboxylic acids is 2. The minimum absolute atomic E-state index is 0.833. The Morgan fingerprint density at radius 3 is 1.12 bits per heavy atom. The molecule has 0 aromatic heterocycles. The maximum absolute atomic E-state index is 9.00. The van der Waals surface area contributed by atoms with Gasteiger partial charge in [0, 0.05) is 0 Å². The highest BCUT2D eigenvalue weighted by Gasteiger charge is 1.66. The van der Waals surface area contributed by atoms with Crippen molar-refractivity contribution < 1.29 is 9.59 Å². The zero-order valence-electron chi connectivity index (χ0n) is 3.93. The highest BCUT2D eigenvalue weighted by molar-refractivity contribution is 6.62. The summed E-state index contributed by atoms with van der Waals surface area (Å²) in [5.41, 5.74) is 12.7. The smallest absolute Gasteiger partial charge is 0.311 e. The van der Waals surface area contributed by atoms with Gasteiger partial charge in [0.05, 0.1) is 0 Å². The van der Waals surface area contributed by atoms with Crippen molar-refractivity contribution in [2.24, 2.45) is 17.2 Å². The summed E-state index contributed by atoms with van der Waals surface area (Å²) in [5, 5.41) is -0.861. The first-order valence-corrected chi connectivity index (χ1v) is 1.84. The molecule has 3 amide bonds. The lowest BCUT2D eigenvalue weighted by Crippen LogP contribution is -2.18. The molecule has 0 fully saturated rings. The van der Waals surface area contributed by atoms with Crippen molar-refractivity contribution in [3.63, 3.8) is 0 Å². The third-order valence-electron chi connectivity index (χ3n) is 0. The largest absolute Gasteiger partial charge is 0.356 e. The fraction of sp³-hybridized carbons (Fsp3) is 0. The van der Waals surface area contributed by atoms with Gasteiger partial charge in [-0.05, 0) is 11.6 Å². The normalized spacial score (nSPS) is 6.12. The molecule has 0 spiro atoms. The molecule has 0 heterocycles. The first kappa shape index (κ1) is 10.1. The van der Waals surface area contributed by atoms with E-state index in [9.17, 15) is 0 Å². The molecule has 0 aromatic carbocycles. The van der Waals surface area contributed by atoms with Gasteiger partial charge >= 0.3 is 11.4 Å². The maximum atomic E-state index is 9.00. The van der Waals surface area contributed by atoms with E-state index in [1.165, 1.54) is 0 Å². The Kier molecular flexibility index (Phi) is 7.62. The molecule has 5 nitrogen and oxygen atoms in total. The Labute approximate surface area is 50.8 Å². The van der Waals surface area contributed by atoms with E-state index in [-0.39, 0.29) is 0 Å². The number of nitrogens with two attached hydrogens (primary N) is 3. The number of rotatable bonds is 0. The highest BCUT2D eigenvalue weighted by Crippen LogP contribution is 1.62. The van der Waals surface area contributed by atoms with Crippen molar-refractivity contribution in [1.82, 2.24) is 0 Å². The lowest BCUT2D eigenvalue weighted by atomic mass is 11.2. The van der Waals surface area contributed by atoms with Gasteiger partial charge in [0.15, 0.2) is 0 Å². The summed E-state index contributed by atoms with van der Waals surface area (Å²) in [6.45, 7) is 0. The predicted molar refractivity (Wildman–Crippen MR) is 29.2 cm³/mol. The second kappa shape index (κ2) is 6.03. The van der Waals surface area contributed by atoms with Gasteiger partial charge in [-0.3, -0.25) is 4.79 Å². The quantitative estimate of drug-likeness (QED) is 0.305. The fourth-order valence-electron chi connectivity index (χ4n) is 0. The molecule has 0 saturated carbocycles. The number of hydrogen-bond acceptors (Lipinski definition) is 2. The number of urea groups is 1. The fourth-order valence-corrected chi connectivity index (χ4v) is 0. The minimum Gasteiger partial charge on any atom is -0.356 e. The molecule has 6 N–H and O–H groups in total. The lowest BCUT2D eigenvalue weighted by molar-refractivity contribution is 0.256. The molecular formula is C2H6ClN3O2. The molecular weight excluding hydrogens is 133 g/mol. The molecule has 0 saturated heterocycles. The molecule has 0 bridgehead atoms. The standard InChI is InChI=1S/CH2ClNO.CH4N2O/c2*2-1(3)4/h(H2,3,4);(H4,2,3,4). The van der Waals surface area contributed by atoms with Crippen LogP contribution < -0.4 is 17.2 Å². The molecule has 0 radical (unpaired) electrons. The zero-order chi connectivity index (χ0) is 7.15. The van der Waals surface area contributed by atoms with Gasteiger partial charge in [0.25, 0.3) is 0 Å². The Morgan fingerprint density at radius 2 is 1.12 bits per heavy atom. The lowest BCUT2D eigenvalue weighted by Gasteiger charge is -1.62. The van der Waals surface area contributed by atoms with Crippen LogP contribution in [-0.2, 0) is 0 Å². The average Bonchev–Trinajstić information content (AvgIpc) is 1.25. The Balaban J connectivity index is 0. The summed E-state index contributed by atoms with van der Waals surface area (Å²) in [7, 11) is 0. The van der Waals surface area contributed by atoms with Gasteiger partial charge in [0.2, 0.25) is 0 Å². The van der Waals surface area contributed by atoms with Crippen LogP contribution in [0, 0.1) is 0 Å². The monoisotopic (exact) mass is 139 g/mol. The van der Waals surface area contributed by atoms with Crippen LogP contribution in [-0.4, -0.2) is 11.4 Å². The second-order valence-electron chi connectivity index (χ2n) is 0.706. The van der Waals surface area contributed by atoms with Gasteiger partial charge in [0.1, 0.15) is 0 Å². The van der Waals surface area contributed by atoms with Crippen LogP contribution in [0.5, 0.6) is 0 Å². The summed E-state index contributed by atoms with van der Waals surface area (Å²) in [6.07, 6.45) is 0. The van der Waals surface area contributed by atoms with Crippen molar-refractivity contribution in [2.45, 2.75) is 0 Å². The molecule has 0 aromatic rings. The minimum atomic E-state index is -0.861. The summed E-state index contributed by atoms with van der Waals surface area (Å²) in [4.78, 5) is 18.0. The predicted octanol–water partition coefficient (Wildman–Crippen LogP) is -0.672. The molecule has 6 heteroatoms. The molecule has 0 unspecified atom stereocenters. The van der Waals surface area contributed by atoms with Crippen molar-refractivity contribution in [2.75, 3.05) is 0 Å². The Morgan fingerprint density at radius 1 is 1.12 bits per heavy atom. The second-order valence-corrected chi connectivity index (χ2v) is 1.08. The van der Waals surface area contributed by atoms with E-state index in [1.54, 1.807) is 0 Å². The number of carbonyl (C=O) groups is 2. The van der Waals surface area contributed by atoms with Crippen LogP contribution in [0.1, 0.15) is 0 Å². The Hall–Kier alpha value is -0.970. The Bertz CT molecular complexity index is 73.3. The average molecular weight is 140 g/mol. The van der Waals surface area contributed by atoms with Crippen molar-refractivity contribution in [1.29, 1.82) is 0 Å². The molecule has 0 aliphatic heterocycles. The molecule has 8 heavy (non-hydrogen) atoms. The van der Waals surface area contributed by atoms with E-state index < -0.39 is 11.4 Å². The van der Waals surface area contributed by atoms with Crippen molar-refractivity contribution >= 4 is 23.0 Å². The summed E-state index contributed by atoms with van der Waals surface area (Å²) in [6, 6.07) is -0.833. The van der Waals surface area contributed by atoms with Gasteiger partial charge in [-0.25, -0.2) is 4.79 Å².